The smallest absolute Gasteiger partial charge is 0.211 e. The van der Waals surface area contributed by atoms with Crippen molar-refractivity contribution in [2.45, 2.75) is 0 Å². The van der Waals surface area contributed by atoms with Crippen LogP contribution >= 0.6 is 11.6 Å². The van der Waals surface area contributed by atoms with E-state index in [1.165, 1.54) is 0 Å². The normalized spacial score (nSPS) is 15.9. The van der Waals surface area contributed by atoms with Crippen LogP contribution in [0.3, 0.4) is 0 Å². The van der Waals surface area contributed by atoms with Gasteiger partial charge in [-0.2, -0.15) is 0 Å². The third-order valence-electron chi connectivity index (χ3n) is 2.54. The van der Waals surface area contributed by atoms with E-state index in [9.17, 15) is 4.79 Å². The van der Waals surface area contributed by atoms with E-state index in [1.807, 2.05) is 12.1 Å². The average Bonchev–Trinajstić information content (AvgIpc) is 2.33. The summed E-state index contributed by atoms with van der Waals surface area (Å²) in [6.45, 7) is 3.20. The Morgan fingerprint density at radius 3 is 2.81 bits per heavy atom. The number of amides is 1. The standard InChI is InChI=1S/C11H13ClN2O2/c12-10-2-1-9(7-11(10)13-8-15)14-3-5-16-6-4-14/h1-2,7-8H,3-6H2,(H,13,15). The van der Waals surface area contributed by atoms with Gasteiger partial charge in [0, 0.05) is 18.8 Å². The molecule has 86 valence electrons. The number of anilines is 2. The predicted octanol–water partition coefficient (Wildman–Crippen LogP) is 1.74. The molecule has 0 spiro atoms. The first-order chi connectivity index (χ1) is 7.81. The fraction of sp³-hybridized carbons (Fsp3) is 0.364. The summed E-state index contributed by atoms with van der Waals surface area (Å²) in [6, 6.07) is 5.61. The van der Waals surface area contributed by atoms with E-state index < -0.39 is 0 Å². The Kier molecular flexibility index (Phi) is 3.64. The van der Waals surface area contributed by atoms with E-state index in [4.69, 9.17) is 16.3 Å². The summed E-state index contributed by atoms with van der Waals surface area (Å²) in [6.07, 6.45) is 0.629. The van der Waals surface area contributed by atoms with Gasteiger partial charge in [-0.25, -0.2) is 0 Å². The molecule has 0 aliphatic carbocycles. The van der Waals surface area contributed by atoms with Crippen molar-refractivity contribution in [1.29, 1.82) is 0 Å². The van der Waals surface area contributed by atoms with E-state index in [2.05, 4.69) is 10.2 Å². The number of rotatable bonds is 3. The van der Waals surface area contributed by atoms with Gasteiger partial charge in [0.15, 0.2) is 0 Å². The molecular formula is C11H13ClN2O2. The number of benzene rings is 1. The molecule has 1 aliphatic heterocycles. The SMILES string of the molecule is O=CNc1cc(N2CCOCC2)ccc1Cl. The van der Waals surface area contributed by atoms with Crippen molar-refractivity contribution in [2.24, 2.45) is 0 Å². The lowest BCUT2D eigenvalue weighted by Gasteiger charge is -2.29. The summed E-state index contributed by atoms with van der Waals surface area (Å²) < 4.78 is 5.28. The topological polar surface area (TPSA) is 41.6 Å². The van der Waals surface area contributed by atoms with E-state index in [1.54, 1.807) is 6.07 Å². The van der Waals surface area contributed by atoms with Gasteiger partial charge in [0.2, 0.25) is 6.41 Å². The van der Waals surface area contributed by atoms with Crippen molar-refractivity contribution in [3.05, 3.63) is 23.2 Å². The zero-order valence-electron chi connectivity index (χ0n) is 8.78. The van der Waals surface area contributed by atoms with Crippen molar-refractivity contribution in [3.63, 3.8) is 0 Å². The van der Waals surface area contributed by atoms with E-state index in [0.717, 1.165) is 32.0 Å². The maximum absolute atomic E-state index is 10.4. The Hall–Kier alpha value is -1.26. The zero-order chi connectivity index (χ0) is 11.4. The van der Waals surface area contributed by atoms with Gasteiger partial charge in [-0.3, -0.25) is 4.79 Å². The van der Waals surface area contributed by atoms with E-state index in [0.29, 0.717) is 17.1 Å². The number of nitrogens with one attached hydrogen (secondary N) is 1. The summed E-state index contributed by atoms with van der Waals surface area (Å²) in [4.78, 5) is 12.6. The molecule has 0 aromatic heterocycles. The molecule has 1 heterocycles. The lowest BCUT2D eigenvalue weighted by Crippen LogP contribution is -2.36. The minimum absolute atomic E-state index is 0.545. The molecule has 1 aromatic rings. The van der Waals surface area contributed by atoms with E-state index in [-0.39, 0.29) is 0 Å². The molecule has 1 saturated heterocycles. The number of carbonyl (C=O) groups excluding carboxylic acids is 1. The molecular weight excluding hydrogens is 228 g/mol. The number of morpholine rings is 1. The summed E-state index contributed by atoms with van der Waals surface area (Å²) in [7, 11) is 0. The molecule has 0 unspecified atom stereocenters. The van der Waals surface area contributed by atoms with Crippen LogP contribution in [0, 0.1) is 0 Å². The summed E-state index contributed by atoms with van der Waals surface area (Å²) >= 11 is 5.95. The Morgan fingerprint density at radius 1 is 1.38 bits per heavy atom. The van der Waals surface area contributed by atoms with Crippen LogP contribution in [0.25, 0.3) is 0 Å². The first-order valence-electron chi connectivity index (χ1n) is 5.13. The third kappa shape index (κ3) is 2.46. The highest BCUT2D eigenvalue weighted by Gasteiger charge is 2.12. The molecule has 2 rings (SSSR count). The molecule has 1 aliphatic rings. The zero-order valence-corrected chi connectivity index (χ0v) is 9.54. The molecule has 16 heavy (non-hydrogen) atoms. The van der Waals surface area contributed by atoms with Crippen LogP contribution in [0.2, 0.25) is 5.02 Å². The Morgan fingerprint density at radius 2 is 2.12 bits per heavy atom. The van der Waals surface area contributed by atoms with E-state index >= 15 is 0 Å². The first-order valence-corrected chi connectivity index (χ1v) is 5.51. The monoisotopic (exact) mass is 240 g/mol. The summed E-state index contributed by atoms with van der Waals surface area (Å²) in [5.41, 5.74) is 1.69. The van der Waals surface area contributed by atoms with Gasteiger partial charge in [0.25, 0.3) is 0 Å². The van der Waals surface area contributed by atoms with Crippen LogP contribution in [0.15, 0.2) is 18.2 Å². The van der Waals surface area contributed by atoms with Crippen molar-refractivity contribution in [1.82, 2.24) is 0 Å². The second kappa shape index (κ2) is 5.18. The van der Waals surface area contributed by atoms with Crippen molar-refractivity contribution < 1.29 is 9.53 Å². The van der Waals surface area contributed by atoms with Gasteiger partial charge >= 0.3 is 0 Å². The maximum Gasteiger partial charge on any atom is 0.211 e. The van der Waals surface area contributed by atoms with Crippen LogP contribution in [0.4, 0.5) is 11.4 Å². The fourth-order valence-electron chi connectivity index (χ4n) is 1.71. The molecule has 0 saturated carbocycles. The fourth-order valence-corrected chi connectivity index (χ4v) is 1.88. The lowest BCUT2D eigenvalue weighted by molar-refractivity contribution is -0.105. The van der Waals surface area contributed by atoms with Gasteiger partial charge in [-0.1, -0.05) is 11.6 Å². The predicted molar refractivity (Wildman–Crippen MR) is 64.2 cm³/mol. The average molecular weight is 241 g/mol. The Labute approximate surface area is 99.1 Å². The van der Waals surface area contributed by atoms with Crippen LogP contribution in [-0.2, 0) is 9.53 Å². The minimum Gasteiger partial charge on any atom is -0.378 e. The maximum atomic E-state index is 10.4. The van der Waals surface area contributed by atoms with Gasteiger partial charge in [0.1, 0.15) is 0 Å². The van der Waals surface area contributed by atoms with Crippen molar-refractivity contribution in [2.75, 3.05) is 36.5 Å². The lowest BCUT2D eigenvalue weighted by atomic mass is 10.2. The highest BCUT2D eigenvalue weighted by atomic mass is 35.5. The molecule has 0 atom stereocenters. The highest BCUT2D eigenvalue weighted by molar-refractivity contribution is 6.33. The van der Waals surface area contributed by atoms with Crippen molar-refractivity contribution in [3.8, 4) is 0 Å². The van der Waals surface area contributed by atoms with Crippen LogP contribution in [0.5, 0.6) is 0 Å². The summed E-state index contributed by atoms with van der Waals surface area (Å²) in [5.74, 6) is 0. The van der Waals surface area contributed by atoms with Crippen molar-refractivity contribution >= 4 is 29.4 Å². The number of ether oxygens (including phenoxy) is 1. The molecule has 1 N–H and O–H groups in total. The molecule has 5 heteroatoms. The first kappa shape index (κ1) is 11.2. The quantitative estimate of drug-likeness (QED) is 0.819. The molecule has 4 nitrogen and oxygen atoms in total. The third-order valence-corrected chi connectivity index (χ3v) is 2.87. The van der Waals surface area contributed by atoms with Gasteiger partial charge < -0.3 is 15.0 Å². The molecule has 0 bridgehead atoms. The second-order valence-electron chi connectivity index (χ2n) is 3.53. The number of hydrogen-bond donors (Lipinski definition) is 1. The molecule has 1 amide bonds. The van der Waals surface area contributed by atoms with Gasteiger partial charge in [-0.05, 0) is 18.2 Å². The number of hydrogen-bond acceptors (Lipinski definition) is 3. The minimum atomic E-state index is 0.545. The van der Waals surface area contributed by atoms with Crippen LogP contribution in [-0.4, -0.2) is 32.7 Å². The highest BCUT2D eigenvalue weighted by Crippen LogP contribution is 2.27. The molecule has 0 radical (unpaired) electrons. The van der Waals surface area contributed by atoms with Gasteiger partial charge in [0.05, 0.1) is 23.9 Å². The Balaban J connectivity index is 2.20. The number of halogens is 1. The van der Waals surface area contributed by atoms with Gasteiger partial charge in [-0.15, -0.1) is 0 Å². The second-order valence-corrected chi connectivity index (χ2v) is 3.93. The molecule has 1 fully saturated rings. The molecule has 1 aromatic carbocycles. The number of nitrogens with zero attached hydrogens (tertiary/aromatic N) is 1. The number of carbonyl (C=O) groups is 1. The Bertz CT molecular complexity index is 378. The van der Waals surface area contributed by atoms with Crippen LogP contribution in [0.1, 0.15) is 0 Å². The summed E-state index contributed by atoms with van der Waals surface area (Å²) in [5, 5.41) is 3.13. The van der Waals surface area contributed by atoms with Crippen LogP contribution < -0.4 is 10.2 Å². The largest absolute Gasteiger partial charge is 0.378 e.